The summed E-state index contributed by atoms with van der Waals surface area (Å²) in [6.07, 6.45) is 5.25. The zero-order valence-corrected chi connectivity index (χ0v) is 18.6. The summed E-state index contributed by atoms with van der Waals surface area (Å²) in [5, 5.41) is 23.0. The van der Waals surface area contributed by atoms with Crippen LogP contribution in [0, 0.1) is 10.8 Å². The number of piperidine rings is 1. The molecule has 4 rings (SSSR count). The van der Waals surface area contributed by atoms with E-state index in [1.807, 2.05) is 4.90 Å². The van der Waals surface area contributed by atoms with Gasteiger partial charge in [0.1, 0.15) is 5.71 Å². The zero-order valence-electron chi connectivity index (χ0n) is 17.8. The molecule has 1 saturated carbocycles. The minimum atomic E-state index is -0.562. The maximum absolute atomic E-state index is 11.5. The monoisotopic (exact) mass is 420 g/mol. The molecule has 8 heteroatoms. The summed E-state index contributed by atoms with van der Waals surface area (Å²) in [6, 6.07) is 0. The number of nitrogens with one attached hydrogen (secondary N) is 1. The molecule has 3 heterocycles. The van der Waals surface area contributed by atoms with Crippen molar-refractivity contribution in [3.63, 3.8) is 0 Å². The molecule has 2 N–H and O–H groups in total. The molecule has 1 spiro atoms. The van der Waals surface area contributed by atoms with E-state index in [1.54, 1.807) is 18.3 Å². The van der Waals surface area contributed by atoms with Gasteiger partial charge in [-0.1, -0.05) is 19.0 Å². The number of nitrogens with zero attached hydrogens (tertiary/aromatic N) is 3. The average Bonchev–Trinajstić information content (AvgIpc) is 3.35. The van der Waals surface area contributed by atoms with Crippen molar-refractivity contribution < 1.29 is 14.7 Å². The van der Waals surface area contributed by atoms with Crippen LogP contribution in [0.1, 0.15) is 75.9 Å². The van der Waals surface area contributed by atoms with Crippen molar-refractivity contribution in [2.45, 2.75) is 70.8 Å². The van der Waals surface area contributed by atoms with Crippen molar-refractivity contribution in [1.82, 2.24) is 9.88 Å². The molecule has 1 aliphatic carbocycles. The molecule has 1 aromatic rings. The van der Waals surface area contributed by atoms with Crippen molar-refractivity contribution in [3.8, 4) is 0 Å². The summed E-state index contributed by atoms with van der Waals surface area (Å²) in [7, 11) is 1.00. The number of rotatable bonds is 2. The van der Waals surface area contributed by atoms with Gasteiger partial charge in [0.25, 0.3) is 0 Å². The average molecular weight is 421 g/mol. The van der Waals surface area contributed by atoms with Crippen LogP contribution in [0.2, 0.25) is 0 Å². The number of hydrogen-bond acceptors (Lipinski definition) is 7. The van der Waals surface area contributed by atoms with Crippen molar-refractivity contribution in [2.75, 3.05) is 20.2 Å². The van der Waals surface area contributed by atoms with E-state index < -0.39 is 5.60 Å². The molecule has 29 heavy (non-hydrogen) atoms. The lowest BCUT2D eigenvalue weighted by molar-refractivity contribution is -0.129. The Balaban J connectivity index is 0.00000117. The van der Waals surface area contributed by atoms with Gasteiger partial charge in [-0.2, -0.15) is 0 Å². The molecular formula is C21H32N4O3S. The number of carbonyl (C=O) groups is 1. The lowest BCUT2D eigenvalue weighted by Gasteiger charge is -2.40. The van der Waals surface area contributed by atoms with Crippen molar-refractivity contribution >= 4 is 28.7 Å². The molecule has 7 nitrogen and oxygen atoms in total. The maximum Gasteiger partial charge on any atom is 0.219 e. The van der Waals surface area contributed by atoms with Crippen molar-refractivity contribution in [1.29, 1.82) is 5.41 Å². The van der Waals surface area contributed by atoms with E-state index in [0.29, 0.717) is 18.1 Å². The number of hydrogen-bond donors (Lipinski definition) is 2. The summed E-state index contributed by atoms with van der Waals surface area (Å²) >= 11 is 1.68. The number of amides is 1. The smallest absolute Gasteiger partial charge is 0.219 e. The molecule has 160 valence electrons. The van der Waals surface area contributed by atoms with E-state index in [1.165, 1.54) is 0 Å². The fraction of sp³-hybridized carbons (Fsp3) is 0.714. The second-order valence-corrected chi connectivity index (χ2v) is 9.86. The SMILES string of the molecule is CC(=O)N1CCC(c2nc(C3=NOC4(C3)CC(C)(C)CCC4=N)cs2)CC1.CO. The lowest BCUT2D eigenvalue weighted by Crippen LogP contribution is -2.46. The molecule has 2 aliphatic heterocycles. The van der Waals surface area contributed by atoms with Crippen molar-refractivity contribution in [3.05, 3.63) is 16.1 Å². The Morgan fingerprint density at radius 1 is 1.34 bits per heavy atom. The summed E-state index contributed by atoms with van der Waals surface area (Å²) in [4.78, 5) is 24.2. The molecule has 1 atom stereocenters. The molecular weight excluding hydrogens is 388 g/mol. The third-order valence-electron chi connectivity index (χ3n) is 6.26. The number of likely N-dealkylation sites (tertiary alicyclic amines) is 1. The van der Waals surface area contributed by atoms with Crippen molar-refractivity contribution in [2.24, 2.45) is 10.6 Å². The Kier molecular flexibility index (Phi) is 6.43. The Morgan fingerprint density at radius 2 is 2.03 bits per heavy atom. The summed E-state index contributed by atoms with van der Waals surface area (Å²) in [6.45, 7) is 7.76. The third kappa shape index (κ3) is 4.53. The standard InChI is InChI=1S/C20H28N4O2S.CH4O/c1-13(25)24-8-5-14(6-9-24)18-22-16(11-27-18)15-10-20(26-23-15)12-19(2,3)7-4-17(20)21;1-2/h11,14,21H,4-10,12H2,1-3H3;2H,1H3. The van der Waals surface area contributed by atoms with Gasteiger partial charge in [0.15, 0.2) is 5.60 Å². The lowest BCUT2D eigenvalue weighted by atomic mass is 9.67. The van der Waals surface area contributed by atoms with E-state index in [-0.39, 0.29) is 11.3 Å². The van der Waals surface area contributed by atoms with E-state index in [0.717, 1.165) is 68.7 Å². The molecule has 1 aromatic heterocycles. The molecule has 2 fully saturated rings. The van der Waals surface area contributed by atoms with Gasteiger partial charge in [-0.3, -0.25) is 4.79 Å². The van der Waals surface area contributed by atoms with Gasteiger partial charge in [0, 0.05) is 51.3 Å². The number of carbonyl (C=O) groups excluding carboxylic acids is 1. The van der Waals surface area contributed by atoms with Crippen LogP contribution in [-0.4, -0.2) is 58.1 Å². The van der Waals surface area contributed by atoms with Crippen LogP contribution in [0.3, 0.4) is 0 Å². The first-order valence-electron chi connectivity index (χ1n) is 10.3. The Bertz CT molecular complexity index is 796. The Labute approximate surface area is 176 Å². The fourth-order valence-electron chi connectivity index (χ4n) is 4.58. The van der Waals surface area contributed by atoms with Gasteiger partial charge < -0.3 is 20.3 Å². The number of thiazole rings is 1. The van der Waals surface area contributed by atoms with Crippen LogP contribution in [0.25, 0.3) is 0 Å². The largest absolute Gasteiger partial charge is 0.400 e. The van der Waals surface area contributed by atoms with Gasteiger partial charge in [0.2, 0.25) is 5.91 Å². The number of aliphatic hydroxyl groups excluding tert-OH is 1. The van der Waals surface area contributed by atoms with E-state index in [4.69, 9.17) is 20.3 Å². The minimum Gasteiger partial charge on any atom is -0.400 e. The topological polar surface area (TPSA) is 98.9 Å². The quantitative estimate of drug-likeness (QED) is 0.764. The predicted octanol–water partition coefficient (Wildman–Crippen LogP) is 3.57. The molecule has 3 aliphatic rings. The molecule has 0 aromatic carbocycles. The molecule has 1 saturated heterocycles. The summed E-state index contributed by atoms with van der Waals surface area (Å²) < 4.78 is 0. The fourth-order valence-corrected chi connectivity index (χ4v) is 5.58. The van der Waals surface area contributed by atoms with Crippen LogP contribution in [0.4, 0.5) is 0 Å². The molecule has 1 amide bonds. The molecule has 1 unspecified atom stereocenters. The van der Waals surface area contributed by atoms with Crippen LogP contribution in [0.15, 0.2) is 10.5 Å². The van der Waals surface area contributed by atoms with Gasteiger partial charge in [-0.25, -0.2) is 4.98 Å². The van der Waals surface area contributed by atoms with Gasteiger partial charge >= 0.3 is 0 Å². The Hall–Kier alpha value is -1.80. The van der Waals surface area contributed by atoms with Gasteiger partial charge in [0.05, 0.1) is 16.4 Å². The maximum atomic E-state index is 11.5. The van der Waals surface area contributed by atoms with E-state index >= 15 is 0 Å². The molecule has 0 radical (unpaired) electrons. The molecule has 0 bridgehead atoms. The van der Waals surface area contributed by atoms with Crippen LogP contribution in [0.5, 0.6) is 0 Å². The minimum absolute atomic E-state index is 0.161. The number of aromatic nitrogens is 1. The van der Waals surface area contributed by atoms with Gasteiger partial charge in [-0.05, 0) is 31.1 Å². The van der Waals surface area contributed by atoms with Gasteiger partial charge in [-0.15, -0.1) is 11.3 Å². The van der Waals surface area contributed by atoms with Crippen LogP contribution < -0.4 is 0 Å². The first kappa shape index (κ1) is 21.9. The second-order valence-electron chi connectivity index (χ2n) is 8.97. The highest BCUT2D eigenvalue weighted by atomic mass is 32.1. The zero-order chi connectivity index (χ0) is 21.2. The highest BCUT2D eigenvalue weighted by Crippen LogP contribution is 2.45. The highest BCUT2D eigenvalue weighted by Gasteiger charge is 2.50. The van der Waals surface area contributed by atoms with E-state index in [2.05, 4.69) is 24.4 Å². The van der Waals surface area contributed by atoms with Crippen LogP contribution >= 0.6 is 11.3 Å². The number of oxime groups is 1. The summed E-state index contributed by atoms with van der Waals surface area (Å²) in [5.74, 6) is 0.581. The third-order valence-corrected chi connectivity index (χ3v) is 7.26. The normalized spacial score (nSPS) is 26.6. The van der Waals surface area contributed by atoms with E-state index in [9.17, 15) is 4.79 Å². The summed E-state index contributed by atoms with van der Waals surface area (Å²) in [5.41, 5.74) is 2.06. The highest BCUT2D eigenvalue weighted by molar-refractivity contribution is 7.10. The number of aliphatic hydroxyl groups is 1. The predicted molar refractivity (Wildman–Crippen MR) is 115 cm³/mol. The van der Waals surface area contributed by atoms with Crippen LogP contribution in [-0.2, 0) is 9.63 Å². The Morgan fingerprint density at radius 3 is 2.69 bits per heavy atom. The first-order chi connectivity index (χ1) is 13.8. The first-order valence-corrected chi connectivity index (χ1v) is 11.1. The second kappa shape index (κ2) is 8.52.